The lowest BCUT2D eigenvalue weighted by Crippen LogP contribution is -2.45. The normalized spacial score (nSPS) is 15.1. The van der Waals surface area contributed by atoms with Gasteiger partial charge in [-0.1, -0.05) is 51.4 Å². The molecule has 0 saturated heterocycles. The molecule has 0 aromatic heterocycles. The predicted octanol–water partition coefficient (Wildman–Crippen LogP) is 3.78. The van der Waals surface area contributed by atoms with Crippen LogP contribution >= 0.6 is 0 Å². The van der Waals surface area contributed by atoms with Gasteiger partial charge in [0.2, 0.25) is 0 Å². The van der Waals surface area contributed by atoms with Crippen LogP contribution in [0.5, 0.6) is 0 Å². The van der Waals surface area contributed by atoms with E-state index >= 15 is 0 Å². The van der Waals surface area contributed by atoms with E-state index in [0.717, 1.165) is 12.0 Å². The van der Waals surface area contributed by atoms with Gasteiger partial charge in [0.15, 0.2) is 0 Å². The topological polar surface area (TPSA) is 26.3 Å². The molecule has 0 amide bonds. The summed E-state index contributed by atoms with van der Waals surface area (Å²) in [5.41, 5.74) is 0.912. The van der Waals surface area contributed by atoms with Crippen LogP contribution in [0.15, 0.2) is 24.8 Å². The number of hydrogen-bond acceptors (Lipinski definition) is 2. The molecule has 2 nitrogen and oxygen atoms in total. The molecule has 0 aromatic rings. The summed E-state index contributed by atoms with van der Waals surface area (Å²) in [6, 6.07) is 0. The van der Waals surface area contributed by atoms with Crippen molar-refractivity contribution in [2.45, 2.75) is 44.4 Å². The van der Waals surface area contributed by atoms with Crippen molar-refractivity contribution in [1.82, 2.24) is 0 Å². The van der Waals surface area contributed by atoms with Gasteiger partial charge in [-0.3, -0.25) is 4.79 Å². The fourth-order valence-corrected chi connectivity index (χ4v) is 4.63. The first-order valence-electron chi connectivity index (χ1n) is 5.63. The zero-order chi connectivity index (χ0) is 13.0. The summed E-state index contributed by atoms with van der Waals surface area (Å²) >= 11 is 0. The van der Waals surface area contributed by atoms with Gasteiger partial charge in [-0.25, -0.2) is 0 Å². The van der Waals surface area contributed by atoms with Gasteiger partial charge in [-0.05, 0) is 12.8 Å². The molecule has 0 aliphatic rings. The summed E-state index contributed by atoms with van der Waals surface area (Å²) in [5.74, 6) is -0.0998. The Hall–Kier alpha value is -0.833. The molecule has 0 heterocycles. The molecule has 0 saturated carbocycles. The molecule has 92 valence electrons. The zero-order valence-corrected chi connectivity index (χ0v) is 12.2. The summed E-state index contributed by atoms with van der Waals surface area (Å²) < 4.78 is 5.00. The standard InChI is InChI=1S/C13H24O2Si/c1-8-11(3)10-13(9-2,12(14)15-4)16(5,6)7/h8H,1,3,9-10H2,2,4-7H3. The Bertz CT molecular complexity index is 289. The Labute approximate surface area is 100 Å². The van der Waals surface area contributed by atoms with Gasteiger partial charge in [0.25, 0.3) is 0 Å². The maximum Gasteiger partial charge on any atom is 0.309 e. The van der Waals surface area contributed by atoms with Crippen LogP contribution in [0.1, 0.15) is 19.8 Å². The maximum absolute atomic E-state index is 12.1. The lowest BCUT2D eigenvalue weighted by molar-refractivity contribution is -0.144. The highest BCUT2D eigenvalue weighted by Gasteiger charge is 2.49. The molecular weight excluding hydrogens is 216 g/mol. The molecular formula is C13H24O2Si. The Kier molecular flexibility index (Phi) is 5.20. The molecule has 0 aliphatic carbocycles. The number of allylic oxidation sites excluding steroid dienone is 2. The number of rotatable bonds is 6. The largest absolute Gasteiger partial charge is 0.469 e. The lowest BCUT2D eigenvalue weighted by Gasteiger charge is -2.40. The van der Waals surface area contributed by atoms with E-state index in [1.165, 1.54) is 7.11 Å². The van der Waals surface area contributed by atoms with Crippen LogP contribution in [0, 0.1) is 0 Å². The van der Waals surface area contributed by atoms with E-state index in [0.29, 0.717) is 6.42 Å². The van der Waals surface area contributed by atoms with Crippen molar-refractivity contribution in [2.75, 3.05) is 7.11 Å². The van der Waals surface area contributed by atoms with Gasteiger partial charge in [0, 0.05) is 0 Å². The second-order valence-corrected chi connectivity index (χ2v) is 10.7. The summed E-state index contributed by atoms with van der Waals surface area (Å²) in [4.78, 5) is 12.1. The van der Waals surface area contributed by atoms with Crippen molar-refractivity contribution in [2.24, 2.45) is 0 Å². The molecule has 1 atom stereocenters. The second-order valence-electron chi connectivity index (χ2n) is 5.22. The van der Waals surface area contributed by atoms with Gasteiger partial charge in [0.05, 0.1) is 20.2 Å². The number of carbonyl (C=O) groups is 1. The molecule has 0 bridgehead atoms. The predicted molar refractivity (Wildman–Crippen MR) is 72.3 cm³/mol. The number of esters is 1. The highest BCUT2D eigenvalue weighted by atomic mass is 28.3. The number of ether oxygens (including phenoxy) is 1. The van der Waals surface area contributed by atoms with Crippen LogP contribution in [0.2, 0.25) is 24.7 Å². The quantitative estimate of drug-likeness (QED) is 0.401. The number of methoxy groups -OCH3 is 1. The van der Waals surface area contributed by atoms with Gasteiger partial charge in [-0.2, -0.15) is 0 Å². The van der Waals surface area contributed by atoms with Gasteiger partial charge in [0.1, 0.15) is 0 Å². The first-order valence-corrected chi connectivity index (χ1v) is 9.13. The van der Waals surface area contributed by atoms with E-state index in [2.05, 4.69) is 32.8 Å². The average Bonchev–Trinajstić information content (AvgIpc) is 2.22. The maximum atomic E-state index is 12.1. The second kappa shape index (κ2) is 5.48. The fraction of sp³-hybridized carbons (Fsp3) is 0.615. The van der Waals surface area contributed by atoms with Crippen LogP contribution in [-0.4, -0.2) is 21.2 Å². The minimum Gasteiger partial charge on any atom is -0.469 e. The lowest BCUT2D eigenvalue weighted by atomic mass is 9.96. The zero-order valence-electron chi connectivity index (χ0n) is 11.2. The minimum atomic E-state index is -1.68. The highest BCUT2D eigenvalue weighted by Crippen LogP contribution is 2.47. The molecule has 0 aromatic carbocycles. The average molecular weight is 240 g/mol. The van der Waals surface area contributed by atoms with E-state index in [-0.39, 0.29) is 11.0 Å². The molecule has 0 radical (unpaired) electrons. The smallest absolute Gasteiger partial charge is 0.309 e. The van der Waals surface area contributed by atoms with Crippen molar-refractivity contribution < 1.29 is 9.53 Å². The Morgan fingerprint density at radius 2 is 1.94 bits per heavy atom. The van der Waals surface area contributed by atoms with Crippen molar-refractivity contribution in [3.05, 3.63) is 24.8 Å². The van der Waals surface area contributed by atoms with Crippen LogP contribution < -0.4 is 0 Å². The van der Waals surface area contributed by atoms with E-state index in [4.69, 9.17) is 4.74 Å². The molecule has 0 N–H and O–H groups in total. The molecule has 3 heteroatoms. The van der Waals surface area contributed by atoms with Crippen molar-refractivity contribution in [3.63, 3.8) is 0 Å². The summed E-state index contributed by atoms with van der Waals surface area (Å²) in [7, 11) is -0.221. The summed E-state index contributed by atoms with van der Waals surface area (Å²) in [5, 5.41) is -0.382. The monoisotopic (exact) mass is 240 g/mol. The number of carbonyl (C=O) groups excluding carboxylic acids is 1. The van der Waals surface area contributed by atoms with Crippen LogP contribution in [-0.2, 0) is 9.53 Å². The fourth-order valence-electron chi connectivity index (χ4n) is 2.10. The number of hydrogen-bond donors (Lipinski definition) is 0. The Morgan fingerprint density at radius 3 is 2.19 bits per heavy atom. The highest BCUT2D eigenvalue weighted by molar-refractivity contribution is 6.82. The molecule has 0 spiro atoms. The first-order chi connectivity index (χ1) is 7.25. The van der Waals surface area contributed by atoms with Crippen molar-refractivity contribution in [1.29, 1.82) is 0 Å². The Balaban J connectivity index is 5.38. The molecule has 0 rings (SSSR count). The summed E-state index contributed by atoms with van der Waals surface area (Å²) in [6.45, 7) is 16.3. The Morgan fingerprint density at radius 1 is 1.44 bits per heavy atom. The third kappa shape index (κ3) is 2.85. The molecule has 16 heavy (non-hydrogen) atoms. The van der Waals surface area contributed by atoms with Crippen LogP contribution in [0.25, 0.3) is 0 Å². The third-order valence-corrected chi connectivity index (χ3v) is 7.04. The van der Waals surface area contributed by atoms with E-state index in [1.807, 2.05) is 6.92 Å². The van der Waals surface area contributed by atoms with Crippen molar-refractivity contribution in [3.8, 4) is 0 Å². The SMILES string of the molecule is C=CC(=C)CC(CC)(C(=O)OC)[Si](C)(C)C. The summed E-state index contributed by atoms with van der Waals surface area (Å²) in [6.07, 6.45) is 3.19. The minimum absolute atomic E-state index is 0.0998. The van der Waals surface area contributed by atoms with Gasteiger partial charge < -0.3 is 4.74 Å². The van der Waals surface area contributed by atoms with E-state index < -0.39 is 8.07 Å². The van der Waals surface area contributed by atoms with Crippen molar-refractivity contribution >= 4 is 14.0 Å². The van der Waals surface area contributed by atoms with Crippen LogP contribution in [0.3, 0.4) is 0 Å². The van der Waals surface area contributed by atoms with E-state index in [9.17, 15) is 4.79 Å². The third-order valence-electron chi connectivity index (χ3n) is 3.43. The van der Waals surface area contributed by atoms with Gasteiger partial charge >= 0.3 is 5.97 Å². The molecule has 0 fully saturated rings. The van der Waals surface area contributed by atoms with E-state index in [1.54, 1.807) is 6.08 Å². The molecule has 1 unspecified atom stereocenters. The van der Waals surface area contributed by atoms with Gasteiger partial charge in [-0.15, -0.1) is 0 Å². The first kappa shape index (κ1) is 15.2. The molecule has 0 aliphatic heterocycles. The van der Waals surface area contributed by atoms with Crippen LogP contribution in [0.4, 0.5) is 0 Å².